The Bertz CT molecular complexity index is 1140. The second kappa shape index (κ2) is 8.58. The molecule has 1 saturated heterocycles. The summed E-state index contributed by atoms with van der Waals surface area (Å²) < 4.78 is 54.1. The number of piperazine rings is 1. The van der Waals surface area contributed by atoms with Gasteiger partial charge in [-0.2, -0.15) is 5.10 Å². The molecular weight excluding hydrogens is 432 g/mol. The maximum absolute atomic E-state index is 13.0. The standard InChI is InChI=1S/C21H18F4N4O3/c22-14-3-1-13(2-4-14)18(30)12-28-7-9-29(10-8-28)20(31)19-16-6-5-15(32-21(23,24)25)11-17(16)26-27-19/h1-6,11H,7-10,12H2,(H,26,27). The van der Waals surface area contributed by atoms with Crippen LogP contribution in [-0.4, -0.2) is 70.8 Å². The van der Waals surface area contributed by atoms with E-state index in [1.807, 2.05) is 4.90 Å². The van der Waals surface area contributed by atoms with Crippen LogP contribution in [0.15, 0.2) is 42.5 Å². The van der Waals surface area contributed by atoms with Crippen LogP contribution in [0.2, 0.25) is 0 Å². The highest BCUT2D eigenvalue weighted by molar-refractivity contribution is 6.05. The third-order valence-corrected chi connectivity index (χ3v) is 5.16. The normalized spacial score (nSPS) is 15.2. The number of rotatable bonds is 5. The maximum Gasteiger partial charge on any atom is 0.573 e. The first-order chi connectivity index (χ1) is 15.2. The Kier molecular flexibility index (Phi) is 5.83. The number of carbonyl (C=O) groups excluding carboxylic acids is 2. The molecule has 0 atom stereocenters. The zero-order valence-corrected chi connectivity index (χ0v) is 16.7. The van der Waals surface area contributed by atoms with Crippen molar-refractivity contribution in [2.75, 3.05) is 32.7 Å². The first-order valence-electron chi connectivity index (χ1n) is 9.74. The molecule has 0 radical (unpaired) electrons. The number of aromatic amines is 1. The van der Waals surface area contributed by atoms with Gasteiger partial charge >= 0.3 is 6.36 Å². The van der Waals surface area contributed by atoms with Gasteiger partial charge in [-0.1, -0.05) is 0 Å². The van der Waals surface area contributed by atoms with Crippen molar-refractivity contribution in [1.82, 2.24) is 20.0 Å². The van der Waals surface area contributed by atoms with E-state index in [4.69, 9.17) is 0 Å². The van der Waals surface area contributed by atoms with Gasteiger partial charge in [0.1, 0.15) is 11.6 Å². The number of benzene rings is 2. The number of H-pyrrole nitrogens is 1. The van der Waals surface area contributed by atoms with Crippen LogP contribution in [0.1, 0.15) is 20.8 Å². The van der Waals surface area contributed by atoms with Gasteiger partial charge in [0.15, 0.2) is 11.5 Å². The number of halogens is 4. The van der Waals surface area contributed by atoms with E-state index < -0.39 is 17.9 Å². The molecule has 1 fully saturated rings. The summed E-state index contributed by atoms with van der Waals surface area (Å²) in [5.74, 6) is -1.32. The second-order valence-electron chi connectivity index (χ2n) is 7.33. The van der Waals surface area contributed by atoms with Crippen molar-refractivity contribution < 1.29 is 31.9 Å². The first kappa shape index (κ1) is 21.8. The lowest BCUT2D eigenvalue weighted by Crippen LogP contribution is -2.50. The number of nitrogens with one attached hydrogen (secondary N) is 1. The number of Topliss-reactive ketones (excluding diaryl/α,β-unsaturated/α-hetero) is 1. The predicted octanol–water partition coefficient (Wildman–Crippen LogP) is 3.24. The summed E-state index contributed by atoms with van der Waals surface area (Å²) in [6, 6.07) is 8.94. The number of aromatic nitrogens is 2. The van der Waals surface area contributed by atoms with Gasteiger partial charge in [-0.25, -0.2) is 4.39 Å². The smallest absolute Gasteiger partial charge is 0.406 e. The van der Waals surface area contributed by atoms with Crippen LogP contribution in [0.5, 0.6) is 5.75 Å². The van der Waals surface area contributed by atoms with Gasteiger partial charge < -0.3 is 9.64 Å². The van der Waals surface area contributed by atoms with Crippen LogP contribution in [0.25, 0.3) is 10.9 Å². The minimum Gasteiger partial charge on any atom is -0.406 e. The number of hydrogen-bond donors (Lipinski definition) is 1. The van der Waals surface area contributed by atoms with E-state index >= 15 is 0 Å². The van der Waals surface area contributed by atoms with Crippen molar-refractivity contribution in [1.29, 1.82) is 0 Å². The lowest BCUT2D eigenvalue weighted by molar-refractivity contribution is -0.274. The van der Waals surface area contributed by atoms with E-state index in [2.05, 4.69) is 14.9 Å². The van der Waals surface area contributed by atoms with E-state index in [0.717, 1.165) is 12.1 Å². The average Bonchev–Trinajstić information content (AvgIpc) is 3.16. The van der Waals surface area contributed by atoms with Crippen molar-refractivity contribution in [3.63, 3.8) is 0 Å². The molecule has 4 rings (SSSR count). The van der Waals surface area contributed by atoms with Gasteiger partial charge in [0.05, 0.1) is 12.1 Å². The summed E-state index contributed by atoms with van der Waals surface area (Å²) in [6.45, 7) is 1.80. The van der Waals surface area contributed by atoms with Crippen LogP contribution >= 0.6 is 0 Å². The molecule has 1 amide bonds. The summed E-state index contributed by atoms with van der Waals surface area (Å²) >= 11 is 0. The topological polar surface area (TPSA) is 78.5 Å². The molecule has 11 heteroatoms. The second-order valence-corrected chi connectivity index (χ2v) is 7.33. The van der Waals surface area contributed by atoms with Gasteiger partial charge in [0, 0.05) is 43.2 Å². The van der Waals surface area contributed by atoms with Crippen LogP contribution in [-0.2, 0) is 0 Å². The SMILES string of the molecule is O=C(CN1CCN(C(=O)c2n[nH]c3cc(OC(F)(F)F)ccc23)CC1)c1ccc(F)cc1. The molecule has 3 aromatic rings. The molecule has 168 valence electrons. The molecule has 0 spiro atoms. The van der Waals surface area contributed by atoms with Crippen LogP contribution in [0, 0.1) is 5.82 Å². The Morgan fingerprint density at radius 3 is 2.38 bits per heavy atom. The van der Waals surface area contributed by atoms with E-state index in [1.54, 1.807) is 4.90 Å². The Morgan fingerprint density at radius 2 is 1.72 bits per heavy atom. The quantitative estimate of drug-likeness (QED) is 0.477. The van der Waals surface area contributed by atoms with Crippen LogP contribution < -0.4 is 4.74 Å². The van der Waals surface area contributed by atoms with E-state index in [0.29, 0.717) is 37.1 Å². The Balaban J connectivity index is 1.37. The molecule has 7 nitrogen and oxygen atoms in total. The number of alkyl halides is 3. The minimum atomic E-state index is -4.82. The number of hydrogen-bond acceptors (Lipinski definition) is 5. The number of carbonyl (C=O) groups is 2. The number of fused-ring (bicyclic) bond motifs is 1. The van der Waals surface area contributed by atoms with Gasteiger partial charge in [-0.05, 0) is 36.4 Å². The molecule has 0 saturated carbocycles. The van der Waals surface area contributed by atoms with Crippen molar-refractivity contribution in [2.24, 2.45) is 0 Å². The molecule has 2 aromatic carbocycles. The van der Waals surface area contributed by atoms with Gasteiger partial charge in [0.2, 0.25) is 0 Å². The Morgan fingerprint density at radius 1 is 1.03 bits per heavy atom. The van der Waals surface area contributed by atoms with Crippen molar-refractivity contribution in [3.8, 4) is 5.75 Å². The minimum absolute atomic E-state index is 0.106. The largest absolute Gasteiger partial charge is 0.573 e. The summed E-state index contributed by atoms with van der Waals surface area (Å²) in [5, 5.41) is 6.92. The molecule has 1 aliphatic rings. The lowest BCUT2D eigenvalue weighted by atomic mass is 10.1. The fraction of sp³-hybridized carbons (Fsp3) is 0.286. The highest BCUT2D eigenvalue weighted by Gasteiger charge is 2.31. The predicted molar refractivity (Wildman–Crippen MR) is 106 cm³/mol. The van der Waals surface area contributed by atoms with E-state index in [-0.39, 0.29) is 29.4 Å². The molecule has 32 heavy (non-hydrogen) atoms. The van der Waals surface area contributed by atoms with Gasteiger partial charge in [-0.15, -0.1) is 13.2 Å². The third kappa shape index (κ3) is 4.88. The zero-order chi connectivity index (χ0) is 22.9. The van der Waals surface area contributed by atoms with Crippen LogP contribution in [0.3, 0.4) is 0 Å². The highest BCUT2D eigenvalue weighted by Crippen LogP contribution is 2.27. The van der Waals surface area contributed by atoms with Gasteiger partial charge in [-0.3, -0.25) is 19.6 Å². The molecule has 0 aliphatic carbocycles. The Hall–Kier alpha value is -3.47. The number of amides is 1. The molecule has 1 aromatic heterocycles. The number of ether oxygens (including phenoxy) is 1. The van der Waals surface area contributed by atoms with Crippen molar-refractivity contribution in [2.45, 2.75) is 6.36 Å². The van der Waals surface area contributed by atoms with Crippen LogP contribution in [0.4, 0.5) is 17.6 Å². The molecule has 2 heterocycles. The summed E-state index contributed by atoms with van der Waals surface area (Å²) in [7, 11) is 0. The number of ketones is 1. The van der Waals surface area contributed by atoms with Crippen molar-refractivity contribution >= 4 is 22.6 Å². The highest BCUT2D eigenvalue weighted by atomic mass is 19.4. The van der Waals surface area contributed by atoms with Crippen molar-refractivity contribution in [3.05, 3.63) is 59.5 Å². The van der Waals surface area contributed by atoms with E-state index in [1.165, 1.54) is 30.3 Å². The molecule has 0 unspecified atom stereocenters. The first-order valence-corrected chi connectivity index (χ1v) is 9.74. The van der Waals surface area contributed by atoms with E-state index in [9.17, 15) is 27.2 Å². The third-order valence-electron chi connectivity index (χ3n) is 5.16. The lowest BCUT2D eigenvalue weighted by Gasteiger charge is -2.34. The Labute approximate surface area is 179 Å². The molecular formula is C21H18F4N4O3. The average molecular weight is 450 g/mol. The fourth-order valence-electron chi connectivity index (χ4n) is 3.55. The monoisotopic (exact) mass is 450 g/mol. The molecule has 1 N–H and O–H groups in total. The zero-order valence-electron chi connectivity index (χ0n) is 16.7. The summed E-state index contributed by atoms with van der Waals surface area (Å²) in [4.78, 5) is 28.7. The summed E-state index contributed by atoms with van der Waals surface area (Å²) in [5.41, 5.74) is 0.773. The molecule has 0 bridgehead atoms. The van der Waals surface area contributed by atoms with Gasteiger partial charge in [0.25, 0.3) is 5.91 Å². The number of nitrogens with zero attached hydrogens (tertiary/aromatic N) is 3. The molecule has 1 aliphatic heterocycles. The maximum atomic E-state index is 13.0. The fourth-order valence-corrected chi connectivity index (χ4v) is 3.55. The summed E-state index contributed by atoms with van der Waals surface area (Å²) in [6.07, 6.45) is -4.82.